The van der Waals surface area contributed by atoms with E-state index in [2.05, 4.69) is 10.3 Å². The van der Waals surface area contributed by atoms with Gasteiger partial charge in [0, 0.05) is 11.8 Å². The van der Waals surface area contributed by atoms with Crippen molar-refractivity contribution in [1.29, 1.82) is 0 Å². The molecule has 0 aliphatic carbocycles. The zero-order valence-electron chi connectivity index (χ0n) is 10.0. The van der Waals surface area contributed by atoms with E-state index in [-0.39, 0.29) is 5.56 Å². The molecule has 1 aromatic carbocycles. The van der Waals surface area contributed by atoms with Crippen LogP contribution in [0, 0.1) is 11.6 Å². The van der Waals surface area contributed by atoms with Crippen LogP contribution in [0.1, 0.15) is 24.2 Å². The molecular weight excluding hydrogens is 234 g/mol. The van der Waals surface area contributed by atoms with Crippen LogP contribution in [-0.4, -0.2) is 11.5 Å². The molecule has 1 N–H and O–H groups in total. The largest absolute Gasteiger partial charge is 0.305 e. The van der Waals surface area contributed by atoms with E-state index < -0.39 is 17.7 Å². The van der Waals surface area contributed by atoms with Gasteiger partial charge >= 0.3 is 0 Å². The molecule has 1 heterocycles. The number of pyridine rings is 1. The number of halogens is 2. The van der Waals surface area contributed by atoms with Gasteiger partial charge < -0.3 is 5.32 Å². The van der Waals surface area contributed by atoms with Gasteiger partial charge in [0.05, 0.1) is 11.7 Å². The minimum atomic E-state index is -0.453. The summed E-state index contributed by atoms with van der Waals surface area (Å²) in [5.41, 5.74) is 0.944. The molecule has 0 saturated carbocycles. The van der Waals surface area contributed by atoms with Gasteiger partial charge in [-0.2, -0.15) is 0 Å². The van der Waals surface area contributed by atoms with Gasteiger partial charge in [-0.05, 0) is 36.9 Å². The lowest BCUT2D eigenvalue weighted by atomic mass is 10.0. The molecule has 1 aromatic heterocycles. The van der Waals surface area contributed by atoms with Crippen molar-refractivity contribution in [3.63, 3.8) is 0 Å². The zero-order chi connectivity index (χ0) is 13.0. The Labute approximate surface area is 105 Å². The fourth-order valence-electron chi connectivity index (χ4n) is 1.86. The highest BCUT2D eigenvalue weighted by molar-refractivity contribution is 5.29. The van der Waals surface area contributed by atoms with Crippen molar-refractivity contribution in [3.8, 4) is 0 Å². The highest BCUT2D eigenvalue weighted by Crippen LogP contribution is 2.23. The smallest absolute Gasteiger partial charge is 0.128 e. The lowest BCUT2D eigenvalue weighted by Gasteiger charge is -2.18. The van der Waals surface area contributed by atoms with Gasteiger partial charge in [-0.1, -0.05) is 13.0 Å². The van der Waals surface area contributed by atoms with Crippen LogP contribution in [0.3, 0.4) is 0 Å². The molecule has 0 fully saturated rings. The first-order chi connectivity index (χ1) is 8.72. The minimum Gasteiger partial charge on any atom is -0.305 e. The van der Waals surface area contributed by atoms with Crippen LogP contribution in [0.4, 0.5) is 8.78 Å². The van der Waals surface area contributed by atoms with Crippen molar-refractivity contribution in [2.24, 2.45) is 0 Å². The van der Waals surface area contributed by atoms with Crippen LogP contribution in [0.2, 0.25) is 0 Å². The minimum absolute atomic E-state index is 0.274. The summed E-state index contributed by atoms with van der Waals surface area (Å²) in [6.07, 6.45) is 1.64. The number of benzene rings is 1. The molecule has 0 saturated heterocycles. The molecule has 0 aliphatic rings. The van der Waals surface area contributed by atoms with Crippen LogP contribution < -0.4 is 5.32 Å². The lowest BCUT2D eigenvalue weighted by Crippen LogP contribution is -2.24. The summed E-state index contributed by atoms with van der Waals surface area (Å²) in [6.45, 7) is 2.55. The van der Waals surface area contributed by atoms with Gasteiger partial charge in [-0.3, -0.25) is 4.98 Å². The van der Waals surface area contributed by atoms with Gasteiger partial charge in [0.15, 0.2) is 0 Å². The third-order valence-electron chi connectivity index (χ3n) is 2.66. The first-order valence-corrected chi connectivity index (χ1v) is 5.81. The third kappa shape index (κ3) is 2.71. The van der Waals surface area contributed by atoms with E-state index in [0.717, 1.165) is 12.1 Å². The van der Waals surface area contributed by atoms with E-state index in [1.165, 1.54) is 6.07 Å². The quantitative estimate of drug-likeness (QED) is 0.899. The number of rotatable bonds is 4. The molecule has 0 amide bonds. The van der Waals surface area contributed by atoms with Gasteiger partial charge in [-0.15, -0.1) is 0 Å². The van der Waals surface area contributed by atoms with Crippen LogP contribution in [0.25, 0.3) is 0 Å². The highest BCUT2D eigenvalue weighted by atomic mass is 19.1. The maximum Gasteiger partial charge on any atom is 0.128 e. The fraction of sp³-hybridized carbons (Fsp3) is 0.214. The summed E-state index contributed by atoms with van der Waals surface area (Å²) in [6, 6.07) is 8.41. The van der Waals surface area contributed by atoms with E-state index in [1.54, 1.807) is 18.3 Å². The van der Waals surface area contributed by atoms with E-state index >= 15 is 0 Å². The summed E-state index contributed by atoms with van der Waals surface area (Å²) >= 11 is 0. The summed E-state index contributed by atoms with van der Waals surface area (Å²) in [5, 5.41) is 3.11. The zero-order valence-corrected chi connectivity index (χ0v) is 10.0. The Balaban J connectivity index is 2.44. The monoisotopic (exact) mass is 248 g/mol. The van der Waals surface area contributed by atoms with Crippen LogP contribution in [-0.2, 0) is 0 Å². The molecule has 2 nitrogen and oxygen atoms in total. The van der Waals surface area contributed by atoms with Gasteiger partial charge in [0.1, 0.15) is 11.6 Å². The maximum atomic E-state index is 13.8. The predicted molar refractivity (Wildman–Crippen MR) is 66.1 cm³/mol. The van der Waals surface area contributed by atoms with Gasteiger partial charge in [-0.25, -0.2) is 8.78 Å². The molecular formula is C14H14F2N2. The number of aromatic nitrogens is 1. The summed E-state index contributed by atoms with van der Waals surface area (Å²) in [7, 11) is 0. The molecule has 1 unspecified atom stereocenters. The molecule has 0 aliphatic heterocycles. The number of nitrogens with zero attached hydrogens (tertiary/aromatic N) is 1. The predicted octanol–water partition coefficient (Wildman–Crippen LogP) is 3.06. The first kappa shape index (κ1) is 12.6. The van der Waals surface area contributed by atoms with E-state index in [4.69, 9.17) is 0 Å². The highest BCUT2D eigenvalue weighted by Gasteiger charge is 2.18. The van der Waals surface area contributed by atoms with Crippen molar-refractivity contribution in [2.75, 3.05) is 6.54 Å². The molecule has 0 spiro atoms. The summed E-state index contributed by atoms with van der Waals surface area (Å²) in [4.78, 5) is 4.19. The second-order valence-electron chi connectivity index (χ2n) is 3.91. The molecule has 2 aromatic rings. The molecule has 0 bridgehead atoms. The average Bonchev–Trinajstić information content (AvgIpc) is 2.40. The molecule has 18 heavy (non-hydrogen) atoms. The van der Waals surface area contributed by atoms with Crippen molar-refractivity contribution in [2.45, 2.75) is 13.0 Å². The van der Waals surface area contributed by atoms with Gasteiger partial charge in [0.25, 0.3) is 0 Å². The molecule has 94 valence electrons. The van der Waals surface area contributed by atoms with E-state index in [1.807, 2.05) is 13.0 Å². The van der Waals surface area contributed by atoms with Crippen molar-refractivity contribution < 1.29 is 8.78 Å². The Hall–Kier alpha value is -1.81. The van der Waals surface area contributed by atoms with Crippen LogP contribution in [0.15, 0.2) is 42.6 Å². The number of hydrogen-bond donors (Lipinski definition) is 1. The second-order valence-corrected chi connectivity index (χ2v) is 3.91. The summed E-state index contributed by atoms with van der Waals surface area (Å²) in [5.74, 6) is -0.891. The Bertz CT molecular complexity index is 514. The first-order valence-electron chi connectivity index (χ1n) is 5.81. The Morgan fingerprint density at radius 3 is 2.72 bits per heavy atom. The SMILES string of the molecule is CCNC(c1ccccn1)c1cc(F)ccc1F. The Morgan fingerprint density at radius 1 is 1.22 bits per heavy atom. The number of hydrogen-bond acceptors (Lipinski definition) is 2. The van der Waals surface area contributed by atoms with Crippen molar-refractivity contribution >= 4 is 0 Å². The lowest BCUT2D eigenvalue weighted by molar-refractivity contribution is 0.539. The molecule has 1 atom stereocenters. The average molecular weight is 248 g/mol. The normalized spacial score (nSPS) is 12.4. The van der Waals surface area contributed by atoms with Crippen molar-refractivity contribution in [3.05, 3.63) is 65.5 Å². The standard InChI is InChI=1S/C14H14F2N2/c1-2-17-14(13-5-3-4-8-18-13)11-9-10(15)6-7-12(11)16/h3-9,14,17H,2H2,1H3. The van der Waals surface area contributed by atoms with E-state index in [0.29, 0.717) is 12.2 Å². The third-order valence-corrected chi connectivity index (χ3v) is 2.66. The second kappa shape index (κ2) is 5.69. The Kier molecular flexibility index (Phi) is 3.99. The van der Waals surface area contributed by atoms with Gasteiger partial charge in [0.2, 0.25) is 0 Å². The fourth-order valence-corrected chi connectivity index (χ4v) is 1.86. The molecule has 2 rings (SSSR count). The number of nitrogens with one attached hydrogen (secondary N) is 1. The van der Waals surface area contributed by atoms with Crippen LogP contribution >= 0.6 is 0 Å². The topological polar surface area (TPSA) is 24.9 Å². The maximum absolute atomic E-state index is 13.8. The van der Waals surface area contributed by atoms with E-state index in [9.17, 15) is 8.78 Å². The molecule has 4 heteroatoms. The van der Waals surface area contributed by atoms with Crippen LogP contribution in [0.5, 0.6) is 0 Å². The Morgan fingerprint density at radius 2 is 2.06 bits per heavy atom. The molecule has 0 radical (unpaired) electrons. The van der Waals surface area contributed by atoms with Crippen molar-refractivity contribution in [1.82, 2.24) is 10.3 Å². The summed E-state index contributed by atoms with van der Waals surface area (Å²) < 4.78 is 27.0.